The smallest absolute Gasteiger partial charge is 0.246 e. The topological polar surface area (TPSA) is 46.2 Å². The maximum Gasteiger partial charge on any atom is 0.246 e. The summed E-state index contributed by atoms with van der Waals surface area (Å²) in [4.78, 5) is 23.2. The molecule has 0 saturated heterocycles. The molecule has 0 rings (SSSR count). The molecule has 0 aliphatic rings. The molecule has 0 spiro atoms. The number of carbonyl (C=O) groups is 2. The quantitative estimate of drug-likeness (QED) is 0.662. The predicted octanol–water partition coefficient (Wildman–Crippen LogP) is 3.00. The Balaban J connectivity index is 4.93. The van der Waals surface area contributed by atoms with Crippen molar-refractivity contribution in [2.45, 2.75) is 65.3 Å². The van der Waals surface area contributed by atoms with Gasteiger partial charge in [0.15, 0.2) is 0 Å². The predicted molar refractivity (Wildman–Crippen MR) is 70.8 cm³/mol. The Morgan fingerprint density at radius 3 is 1.88 bits per heavy atom. The van der Waals surface area contributed by atoms with E-state index >= 15 is 0 Å². The molecule has 17 heavy (non-hydrogen) atoms. The van der Waals surface area contributed by atoms with Crippen LogP contribution in [0.4, 0.5) is 0 Å². The summed E-state index contributed by atoms with van der Waals surface area (Å²) in [5, 5.41) is 3.00. The van der Waals surface area contributed by atoms with Gasteiger partial charge in [-0.1, -0.05) is 33.3 Å². The van der Waals surface area contributed by atoms with E-state index in [2.05, 4.69) is 25.7 Å². The monoisotopic (exact) mass is 239 g/mol. The fraction of sp³-hybridized carbons (Fsp3) is 0.714. The van der Waals surface area contributed by atoms with E-state index in [1.165, 1.54) is 0 Å². The second-order valence-corrected chi connectivity index (χ2v) is 4.89. The normalized spacial score (nSPS) is 11.1. The van der Waals surface area contributed by atoms with Crippen LogP contribution in [0.1, 0.15) is 59.8 Å². The number of ketones is 1. The minimum atomic E-state index is -0.384. The molecule has 1 amide bonds. The van der Waals surface area contributed by atoms with Crippen molar-refractivity contribution in [2.24, 2.45) is 0 Å². The van der Waals surface area contributed by atoms with Gasteiger partial charge in [0, 0.05) is 17.5 Å². The Morgan fingerprint density at radius 2 is 1.59 bits per heavy atom. The molecular weight excluding hydrogens is 214 g/mol. The molecule has 0 radical (unpaired) electrons. The summed E-state index contributed by atoms with van der Waals surface area (Å²) in [5.41, 5.74) is 0.107. The van der Waals surface area contributed by atoms with Gasteiger partial charge in [0.05, 0.1) is 0 Å². The highest BCUT2D eigenvalue weighted by atomic mass is 16.2. The van der Waals surface area contributed by atoms with Crippen LogP contribution in [0.25, 0.3) is 0 Å². The maximum absolute atomic E-state index is 11.8. The number of Topliss-reactive ketones (excluding diaryl/α,β-unsaturated/α-hetero) is 1. The Kier molecular flexibility index (Phi) is 6.78. The molecule has 0 unspecified atom stereocenters. The van der Waals surface area contributed by atoms with Gasteiger partial charge in [0.2, 0.25) is 5.91 Å². The zero-order valence-electron chi connectivity index (χ0n) is 11.6. The summed E-state index contributed by atoms with van der Waals surface area (Å²) in [6.45, 7) is 11.0. The Bertz CT molecular complexity index is 289. The zero-order chi connectivity index (χ0) is 13.5. The molecule has 1 N–H and O–H groups in total. The average Bonchev–Trinajstić information content (AvgIpc) is 2.16. The second-order valence-electron chi connectivity index (χ2n) is 4.89. The maximum atomic E-state index is 11.8. The summed E-state index contributed by atoms with van der Waals surface area (Å²) in [6.07, 6.45) is 3.97. The van der Waals surface area contributed by atoms with Crippen LogP contribution in [0.15, 0.2) is 12.2 Å². The lowest BCUT2D eigenvalue weighted by Gasteiger charge is -2.34. The largest absolute Gasteiger partial charge is 0.346 e. The summed E-state index contributed by atoms with van der Waals surface area (Å²) in [7, 11) is 0. The lowest BCUT2D eigenvalue weighted by molar-refractivity contribution is -0.122. The molecule has 0 aromatic heterocycles. The van der Waals surface area contributed by atoms with Crippen LogP contribution in [0.3, 0.4) is 0 Å². The zero-order valence-corrected chi connectivity index (χ0v) is 11.6. The highest BCUT2D eigenvalue weighted by Crippen LogP contribution is 2.24. The van der Waals surface area contributed by atoms with Crippen LogP contribution in [0, 0.1) is 0 Å². The number of hydrogen-bond acceptors (Lipinski definition) is 2. The van der Waals surface area contributed by atoms with Crippen molar-refractivity contribution in [3.63, 3.8) is 0 Å². The SMILES string of the molecule is C=C(C)C(=O)NC(CCC)(CCC)CC(C)=O. The van der Waals surface area contributed by atoms with E-state index in [0.717, 1.165) is 25.7 Å². The Labute approximate surface area is 105 Å². The van der Waals surface area contributed by atoms with E-state index in [1.54, 1.807) is 13.8 Å². The van der Waals surface area contributed by atoms with Gasteiger partial charge < -0.3 is 5.32 Å². The van der Waals surface area contributed by atoms with Crippen molar-refractivity contribution in [3.8, 4) is 0 Å². The summed E-state index contributed by atoms with van der Waals surface area (Å²) in [5.74, 6) is -0.0259. The van der Waals surface area contributed by atoms with Gasteiger partial charge in [-0.2, -0.15) is 0 Å². The minimum absolute atomic E-state index is 0.119. The highest BCUT2D eigenvalue weighted by molar-refractivity contribution is 5.93. The van der Waals surface area contributed by atoms with E-state index in [0.29, 0.717) is 12.0 Å². The molecule has 0 saturated carbocycles. The first kappa shape index (κ1) is 15.9. The molecule has 0 aliphatic carbocycles. The van der Waals surface area contributed by atoms with Crippen LogP contribution >= 0.6 is 0 Å². The van der Waals surface area contributed by atoms with Crippen LogP contribution in [-0.4, -0.2) is 17.2 Å². The molecule has 3 nitrogen and oxygen atoms in total. The molecule has 0 fully saturated rings. The van der Waals surface area contributed by atoms with Crippen molar-refractivity contribution >= 4 is 11.7 Å². The average molecular weight is 239 g/mol. The van der Waals surface area contributed by atoms with Crippen molar-refractivity contribution in [2.75, 3.05) is 0 Å². The molecule has 0 aromatic carbocycles. The van der Waals surface area contributed by atoms with Gasteiger partial charge in [0.1, 0.15) is 5.78 Å². The van der Waals surface area contributed by atoms with Gasteiger partial charge >= 0.3 is 0 Å². The van der Waals surface area contributed by atoms with Crippen LogP contribution in [0.2, 0.25) is 0 Å². The molecule has 0 aromatic rings. The first-order valence-electron chi connectivity index (χ1n) is 6.34. The van der Waals surface area contributed by atoms with Crippen LogP contribution in [-0.2, 0) is 9.59 Å². The molecular formula is C14H25NO2. The van der Waals surface area contributed by atoms with Gasteiger partial charge in [-0.05, 0) is 26.7 Å². The molecule has 0 atom stereocenters. The van der Waals surface area contributed by atoms with Crippen molar-refractivity contribution in [1.29, 1.82) is 0 Å². The molecule has 0 bridgehead atoms. The molecule has 3 heteroatoms. The second kappa shape index (κ2) is 7.25. The van der Waals surface area contributed by atoms with E-state index in [-0.39, 0.29) is 17.2 Å². The van der Waals surface area contributed by atoms with Crippen LogP contribution in [0.5, 0.6) is 0 Å². The third-order valence-corrected chi connectivity index (χ3v) is 2.81. The molecule has 0 aliphatic heterocycles. The number of hydrogen-bond donors (Lipinski definition) is 1. The van der Waals surface area contributed by atoms with Gasteiger partial charge in [-0.3, -0.25) is 9.59 Å². The van der Waals surface area contributed by atoms with Crippen molar-refractivity contribution in [1.82, 2.24) is 5.32 Å². The third kappa shape index (κ3) is 5.66. The van der Waals surface area contributed by atoms with Crippen molar-refractivity contribution < 1.29 is 9.59 Å². The number of amides is 1. The standard InChI is InChI=1S/C14H25NO2/c1-6-8-14(9-7-2,10-12(5)16)15-13(17)11(3)4/h3,6-10H2,1-2,4-5H3,(H,15,17). The first-order chi connectivity index (χ1) is 7.87. The fourth-order valence-corrected chi connectivity index (χ4v) is 2.25. The van der Waals surface area contributed by atoms with E-state index in [1.807, 2.05) is 0 Å². The lowest BCUT2D eigenvalue weighted by atomic mass is 9.83. The van der Waals surface area contributed by atoms with Gasteiger partial charge in [0.25, 0.3) is 0 Å². The Hall–Kier alpha value is -1.12. The van der Waals surface area contributed by atoms with E-state index in [9.17, 15) is 9.59 Å². The number of nitrogens with one attached hydrogen (secondary N) is 1. The van der Waals surface area contributed by atoms with Gasteiger partial charge in [-0.25, -0.2) is 0 Å². The molecule has 98 valence electrons. The summed E-state index contributed by atoms with van der Waals surface area (Å²) >= 11 is 0. The van der Waals surface area contributed by atoms with Crippen LogP contribution < -0.4 is 5.32 Å². The molecule has 0 heterocycles. The van der Waals surface area contributed by atoms with Crippen molar-refractivity contribution in [3.05, 3.63) is 12.2 Å². The lowest BCUT2D eigenvalue weighted by Crippen LogP contribution is -2.49. The van der Waals surface area contributed by atoms with E-state index in [4.69, 9.17) is 0 Å². The minimum Gasteiger partial charge on any atom is -0.346 e. The highest BCUT2D eigenvalue weighted by Gasteiger charge is 2.31. The Morgan fingerprint density at radius 1 is 1.12 bits per heavy atom. The number of carbonyl (C=O) groups excluding carboxylic acids is 2. The summed E-state index contributed by atoms with van der Waals surface area (Å²) in [6, 6.07) is 0. The first-order valence-corrected chi connectivity index (χ1v) is 6.34. The van der Waals surface area contributed by atoms with Gasteiger partial charge in [-0.15, -0.1) is 0 Å². The fourth-order valence-electron chi connectivity index (χ4n) is 2.25. The third-order valence-electron chi connectivity index (χ3n) is 2.81. The number of rotatable bonds is 8. The van der Waals surface area contributed by atoms with E-state index < -0.39 is 0 Å². The summed E-state index contributed by atoms with van der Waals surface area (Å²) < 4.78 is 0.